The molecule has 0 amide bonds. The quantitative estimate of drug-likeness (QED) is 0.282. The summed E-state index contributed by atoms with van der Waals surface area (Å²) in [5.74, 6) is 0.606. The van der Waals surface area contributed by atoms with Crippen molar-refractivity contribution in [2.45, 2.75) is 26.4 Å². The van der Waals surface area contributed by atoms with Gasteiger partial charge in [0.1, 0.15) is 17.2 Å². The predicted octanol–water partition coefficient (Wildman–Crippen LogP) is 5.64. The molecule has 0 unspecified atom stereocenters. The smallest absolute Gasteiger partial charge is 0.338 e. The Hall–Kier alpha value is -3.91. The molecule has 0 bridgehead atoms. The van der Waals surface area contributed by atoms with Gasteiger partial charge in [-0.3, -0.25) is 4.79 Å². The van der Waals surface area contributed by atoms with Gasteiger partial charge in [0, 0.05) is 22.5 Å². The average Bonchev–Trinajstić information content (AvgIpc) is 3.16. The Labute approximate surface area is 195 Å². The molecule has 2 heterocycles. The van der Waals surface area contributed by atoms with Gasteiger partial charge in [-0.25, -0.2) is 9.78 Å². The molecule has 33 heavy (non-hydrogen) atoms. The molecule has 8 nitrogen and oxygen atoms in total. The molecule has 0 aliphatic carbocycles. The predicted molar refractivity (Wildman–Crippen MR) is 128 cm³/mol. The fourth-order valence-corrected chi connectivity index (χ4v) is 3.33. The van der Waals surface area contributed by atoms with Crippen LogP contribution in [0.25, 0.3) is 5.65 Å². The molecule has 0 saturated carbocycles. The topological polar surface area (TPSA) is 97.6 Å². The summed E-state index contributed by atoms with van der Waals surface area (Å²) in [5.41, 5.74) is 1.91. The molecule has 2 aromatic heterocycles. The van der Waals surface area contributed by atoms with Crippen LogP contribution in [-0.4, -0.2) is 32.5 Å². The van der Waals surface area contributed by atoms with E-state index in [9.17, 15) is 9.59 Å². The van der Waals surface area contributed by atoms with Crippen LogP contribution in [0.15, 0.2) is 60.8 Å². The zero-order valence-electron chi connectivity index (χ0n) is 18.3. The highest BCUT2D eigenvalue weighted by atomic mass is 35.5. The number of carbonyl (C=O) groups excluding carboxylic acids is 2. The van der Waals surface area contributed by atoms with Gasteiger partial charge in [-0.15, -0.1) is 0 Å². The van der Waals surface area contributed by atoms with Crippen molar-refractivity contribution in [1.29, 1.82) is 0 Å². The van der Waals surface area contributed by atoms with Gasteiger partial charge in [-0.05, 0) is 57.2 Å². The maximum Gasteiger partial charge on any atom is 0.338 e. The molecule has 0 atom stereocenters. The number of fused-ring (bicyclic) bond motifs is 1. The first-order chi connectivity index (χ1) is 15.7. The van der Waals surface area contributed by atoms with Crippen molar-refractivity contribution >= 4 is 52.5 Å². The number of anilines is 4. The number of ether oxygens (including phenoxy) is 1. The fourth-order valence-electron chi connectivity index (χ4n) is 3.14. The summed E-state index contributed by atoms with van der Waals surface area (Å²) >= 11 is 6.08. The van der Waals surface area contributed by atoms with Crippen LogP contribution < -0.4 is 10.6 Å². The van der Waals surface area contributed by atoms with E-state index >= 15 is 0 Å². The lowest BCUT2D eigenvalue weighted by molar-refractivity contribution is 0.00695. The number of halogens is 1. The Bertz CT molecular complexity index is 1340. The minimum absolute atomic E-state index is 0.343. The Morgan fingerprint density at radius 1 is 1.06 bits per heavy atom. The number of nitrogens with one attached hydrogen (secondary N) is 2. The number of hydrogen-bond donors (Lipinski definition) is 2. The van der Waals surface area contributed by atoms with Crippen LogP contribution in [0.4, 0.5) is 23.0 Å². The second-order valence-corrected chi connectivity index (χ2v) is 8.76. The van der Waals surface area contributed by atoms with E-state index in [1.807, 2.05) is 39.0 Å². The number of carbonyl (C=O) groups is 2. The summed E-state index contributed by atoms with van der Waals surface area (Å²) < 4.78 is 6.98. The van der Waals surface area contributed by atoms with Crippen molar-refractivity contribution in [3.8, 4) is 0 Å². The molecule has 0 fully saturated rings. The summed E-state index contributed by atoms with van der Waals surface area (Å²) in [4.78, 5) is 28.5. The summed E-state index contributed by atoms with van der Waals surface area (Å²) in [6.45, 7) is 5.45. The standard InChI is InChI=1S/C24H22ClN5O3/c1-24(2,3)33-23(32)15-6-4-8-18(10-15)28-21-12-20(27-19-9-5-7-17(25)11-19)29-22-16(14-31)13-26-30(21)22/h4-14,28H,1-3H3,(H,27,29). The van der Waals surface area contributed by atoms with Gasteiger partial charge in [-0.2, -0.15) is 9.61 Å². The largest absolute Gasteiger partial charge is 0.456 e. The second kappa shape index (κ2) is 8.91. The van der Waals surface area contributed by atoms with Gasteiger partial charge in [0.25, 0.3) is 0 Å². The molecular formula is C24H22ClN5O3. The zero-order chi connectivity index (χ0) is 23.6. The van der Waals surface area contributed by atoms with Crippen LogP contribution in [0.5, 0.6) is 0 Å². The third-order valence-electron chi connectivity index (χ3n) is 4.49. The van der Waals surface area contributed by atoms with Crippen LogP contribution >= 0.6 is 11.6 Å². The third-order valence-corrected chi connectivity index (χ3v) is 4.73. The van der Waals surface area contributed by atoms with Crippen molar-refractivity contribution in [2.24, 2.45) is 0 Å². The van der Waals surface area contributed by atoms with Gasteiger partial charge < -0.3 is 15.4 Å². The van der Waals surface area contributed by atoms with Crippen LogP contribution in [-0.2, 0) is 4.74 Å². The maximum atomic E-state index is 12.5. The molecular weight excluding hydrogens is 442 g/mol. The van der Waals surface area contributed by atoms with Gasteiger partial charge in [0.15, 0.2) is 11.9 Å². The van der Waals surface area contributed by atoms with Crippen molar-refractivity contribution < 1.29 is 14.3 Å². The highest BCUT2D eigenvalue weighted by Crippen LogP contribution is 2.26. The fraction of sp³-hybridized carbons (Fsp3) is 0.167. The number of nitrogens with zero attached hydrogens (tertiary/aromatic N) is 3. The summed E-state index contributed by atoms with van der Waals surface area (Å²) in [7, 11) is 0. The summed E-state index contributed by atoms with van der Waals surface area (Å²) in [5, 5.41) is 11.3. The Balaban J connectivity index is 1.70. The average molecular weight is 464 g/mol. The molecule has 2 aromatic carbocycles. The van der Waals surface area contributed by atoms with Crippen LogP contribution in [0.3, 0.4) is 0 Å². The minimum Gasteiger partial charge on any atom is -0.456 e. The molecule has 168 valence electrons. The van der Waals surface area contributed by atoms with Gasteiger partial charge in [0.05, 0.1) is 17.3 Å². The van der Waals surface area contributed by atoms with Gasteiger partial charge in [-0.1, -0.05) is 23.7 Å². The monoisotopic (exact) mass is 463 g/mol. The first-order valence-corrected chi connectivity index (χ1v) is 10.6. The van der Waals surface area contributed by atoms with E-state index in [1.165, 1.54) is 10.7 Å². The summed E-state index contributed by atoms with van der Waals surface area (Å²) in [6.07, 6.45) is 2.15. The molecule has 0 radical (unpaired) electrons. The van der Waals surface area contributed by atoms with Crippen LogP contribution in [0, 0.1) is 0 Å². The van der Waals surface area contributed by atoms with Crippen molar-refractivity contribution in [3.63, 3.8) is 0 Å². The molecule has 4 aromatic rings. The van der Waals surface area contributed by atoms with Crippen LogP contribution in [0.2, 0.25) is 5.02 Å². The number of rotatable bonds is 6. The summed E-state index contributed by atoms with van der Waals surface area (Å²) in [6, 6.07) is 15.9. The molecule has 9 heteroatoms. The van der Waals surface area contributed by atoms with Crippen LogP contribution in [0.1, 0.15) is 41.5 Å². The molecule has 0 saturated heterocycles. The van der Waals surface area contributed by atoms with E-state index in [-0.39, 0.29) is 0 Å². The number of aromatic nitrogens is 3. The van der Waals surface area contributed by atoms with E-state index in [2.05, 4.69) is 20.7 Å². The Morgan fingerprint density at radius 2 is 1.79 bits per heavy atom. The zero-order valence-corrected chi connectivity index (χ0v) is 19.1. The van der Waals surface area contributed by atoms with Crippen molar-refractivity contribution in [2.75, 3.05) is 10.6 Å². The molecule has 2 N–H and O–H groups in total. The number of hydrogen-bond acceptors (Lipinski definition) is 7. The highest BCUT2D eigenvalue weighted by Gasteiger charge is 2.18. The first-order valence-electron chi connectivity index (χ1n) is 10.2. The lowest BCUT2D eigenvalue weighted by atomic mass is 10.1. The maximum absolute atomic E-state index is 12.5. The second-order valence-electron chi connectivity index (χ2n) is 8.32. The van der Waals surface area contributed by atoms with Crippen molar-refractivity contribution in [3.05, 3.63) is 76.9 Å². The third kappa shape index (κ3) is 5.30. The highest BCUT2D eigenvalue weighted by molar-refractivity contribution is 6.30. The number of esters is 1. The Morgan fingerprint density at radius 3 is 2.48 bits per heavy atom. The van der Waals surface area contributed by atoms with E-state index in [1.54, 1.807) is 36.4 Å². The Kier molecular flexibility index (Phi) is 6.02. The molecule has 4 rings (SSSR count). The number of benzene rings is 2. The SMILES string of the molecule is CC(C)(C)OC(=O)c1cccc(Nc2cc(Nc3cccc(Cl)c3)nc3c(C=O)cnn23)c1. The lowest BCUT2D eigenvalue weighted by Crippen LogP contribution is -2.23. The normalized spacial score (nSPS) is 11.3. The van der Waals surface area contributed by atoms with Gasteiger partial charge >= 0.3 is 5.97 Å². The number of aldehydes is 1. The minimum atomic E-state index is -0.598. The van der Waals surface area contributed by atoms with E-state index in [0.29, 0.717) is 45.4 Å². The van der Waals surface area contributed by atoms with E-state index < -0.39 is 11.6 Å². The van der Waals surface area contributed by atoms with E-state index in [0.717, 1.165) is 5.69 Å². The molecule has 0 aliphatic heterocycles. The lowest BCUT2D eigenvalue weighted by Gasteiger charge is -2.19. The van der Waals surface area contributed by atoms with Gasteiger partial charge in [0.2, 0.25) is 0 Å². The molecule has 0 aliphatic rings. The van der Waals surface area contributed by atoms with Crippen molar-refractivity contribution in [1.82, 2.24) is 14.6 Å². The van der Waals surface area contributed by atoms with E-state index in [4.69, 9.17) is 16.3 Å². The molecule has 0 spiro atoms. The first kappa shape index (κ1) is 22.3.